The molecule has 0 bridgehead atoms. The molecule has 8 nitrogen and oxygen atoms in total. The van der Waals surface area contributed by atoms with Crippen molar-refractivity contribution in [2.24, 2.45) is 5.92 Å². The van der Waals surface area contributed by atoms with Crippen LogP contribution in [0.15, 0.2) is 24.4 Å². The van der Waals surface area contributed by atoms with Gasteiger partial charge in [0.25, 0.3) is 0 Å². The third kappa shape index (κ3) is 4.18. The molecule has 0 saturated heterocycles. The first kappa shape index (κ1) is 16.7. The summed E-state index contributed by atoms with van der Waals surface area (Å²) < 4.78 is 6.62. The Balaban J connectivity index is 2.00. The van der Waals surface area contributed by atoms with Crippen molar-refractivity contribution < 1.29 is 14.3 Å². The fraction of sp³-hybridized carbons (Fsp3) is 0.467. The monoisotopic (exact) mass is 319 g/mol. The molecule has 2 rings (SSSR count). The lowest BCUT2D eigenvalue weighted by atomic mass is 10.0. The van der Waals surface area contributed by atoms with Gasteiger partial charge in [-0.25, -0.2) is 4.79 Å². The Morgan fingerprint density at radius 3 is 2.78 bits per heavy atom. The Hall–Kier alpha value is -2.64. The Labute approximate surface area is 134 Å². The summed E-state index contributed by atoms with van der Waals surface area (Å²) in [4.78, 5) is 23.8. The van der Waals surface area contributed by atoms with Crippen molar-refractivity contribution >= 4 is 17.6 Å². The molecule has 0 fully saturated rings. The molecule has 0 aromatic carbocycles. The van der Waals surface area contributed by atoms with E-state index in [2.05, 4.69) is 20.8 Å². The highest BCUT2D eigenvalue weighted by atomic mass is 16.5. The second-order valence-corrected chi connectivity index (χ2v) is 5.35. The summed E-state index contributed by atoms with van der Waals surface area (Å²) in [5, 5.41) is 13.4. The van der Waals surface area contributed by atoms with E-state index in [0.29, 0.717) is 11.5 Å². The van der Waals surface area contributed by atoms with Crippen molar-refractivity contribution in [1.82, 2.24) is 25.2 Å². The first-order valence-electron chi connectivity index (χ1n) is 7.52. The topological polar surface area (TPSA) is 97.6 Å². The van der Waals surface area contributed by atoms with Crippen LogP contribution in [0.5, 0.6) is 0 Å². The van der Waals surface area contributed by atoms with Crippen LogP contribution in [0.3, 0.4) is 0 Å². The largest absolute Gasteiger partial charge is 0.450 e. The van der Waals surface area contributed by atoms with Crippen molar-refractivity contribution in [3.8, 4) is 0 Å². The van der Waals surface area contributed by atoms with E-state index in [1.165, 1.54) is 0 Å². The number of aromatic nitrogens is 3. The van der Waals surface area contributed by atoms with Gasteiger partial charge in [0.2, 0.25) is 5.91 Å². The maximum absolute atomic E-state index is 12.3. The highest BCUT2D eigenvalue weighted by Crippen LogP contribution is 2.05. The number of rotatable bonds is 6. The number of hydrogen-bond acceptors (Lipinski definition) is 5. The summed E-state index contributed by atoms with van der Waals surface area (Å²) in [6, 6.07) is 4.89. The number of ether oxygens (including phenoxy) is 1. The Kier molecular flexibility index (Phi) is 5.51. The molecule has 2 aromatic heterocycles. The van der Waals surface area contributed by atoms with E-state index in [-0.39, 0.29) is 25.0 Å². The second kappa shape index (κ2) is 7.57. The molecule has 124 valence electrons. The number of carbonyl (C=O) groups excluding carboxylic acids is 2. The van der Waals surface area contributed by atoms with E-state index in [1.807, 2.05) is 38.2 Å². The zero-order chi connectivity index (χ0) is 16.8. The molecule has 0 radical (unpaired) electrons. The summed E-state index contributed by atoms with van der Waals surface area (Å²) in [6.07, 6.45) is 1.22. The SMILES string of the molecule is CCOC(=O)NC(C(=O)NCc1nnc2ccccn12)C(C)C. The van der Waals surface area contributed by atoms with E-state index in [0.717, 1.165) is 0 Å². The Bertz CT molecular complexity index is 683. The predicted octanol–water partition coefficient (Wildman–Crippen LogP) is 1.12. The van der Waals surface area contributed by atoms with Crippen LogP contribution < -0.4 is 10.6 Å². The van der Waals surface area contributed by atoms with Crippen LogP contribution in [0.2, 0.25) is 0 Å². The minimum Gasteiger partial charge on any atom is -0.450 e. The first-order chi connectivity index (χ1) is 11.0. The van der Waals surface area contributed by atoms with Gasteiger partial charge in [-0.3, -0.25) is 9.20 Å². The molecule has 8 heteroatoms. The zero-order valence-electron chi connectivity index (χ0n) is 13.4. The lowest BCUT2D eigenvalue weighted by Gasteiger charge is -2.21. The Morgan fingerprint density at radius 2 is 2.09 bits per heavy atom. The molecule has 0 aliphatic carbocycles. The minimum absolute atomic E-state index is 0.0745. The number of alkyl carbamates (subject to hydrolysis) is 1. The summed E-state index contributed by atoms with van der Waals surface area (Å²) in [5.41, 5.74) is 0.710. The molecule has 2 N–H and O–H groups in total. The summed E-state index contributed by atoms with van der Waals surface area (Å²) >= 11 is 0. The summed E-state index contributed by atoms with van der Waals surface area (Å²) in [5.74, 6) is 0.253. The van der Waals surface area contributed by atoms with Crippen LogP contribution in [0.25, 0.3) is 5.65 Å². The maximum Gasteiger partial charge on any atom is 0.407 e. The molecule has 0 saturated carbocycles. The van der Waals surface area contributed by atoms with Crippen molar-refractivity contribution in [2.45, 2.75) is 33.4 Å². The molecule has 0 aliphatic heterocycles. The summed E-state index contributed by atoms with van der Waals surface area (Å²) in [7, 11) is 0. The smallest absolute Gasteiger partial charge is 0.407 e. The second-order valence-electron chi connectivity index (χ2n) is 5.35. The highest BCUT2D eigenvalue weighted by Gasteiger charge is 2.24. The molecule has 23 heavy (non-hydrogen) atoms. The quantitative estimate of drug-likeness (QED) is 0.831. The molecule has 1 atom stereocenters. The van der Waals surface area contributed by atoms with E-state index in [4.69, 9.17) is 4.74 Å². The van der Waals surface area contributed by atoms with Crippen LogP contribution >= 0.6 is 0 Å². The average molecular weight is 319 g/mol. The average Bonchev–Trinajstić information content (AvgIpc) is 2.93. The first-order valence-corrected chi connectivity index (χ1v) is 7.52. The normalized spacial score (nSPS) is 12.2. The van der Waals surface area contributed by atoms with Gasteiger partial charge in [-0.2, -0.15) is 0 Å². The van der Waals surface area contributed by atoms with Gasteiger partial charge in [-0.15, -0.1) is 10.2 Å². The molecule has 2 aromatic rings. The van der Waals surface area contributed by atoms with Gasteiger partial charge in [0.05, 0.1) is 13.2 Å². The molecule has 1 unspecified atom stereocenters. The third-order valence-corrected chi connectivity index (χ3v) is 3.30. The highest BCUT2D eigenvalue weighted by molar-refractivity contribution is 5.85. The zero-order valence-corrected chi connectivity index (χ0v) is 13.4. The van der Waals surface area contributed by atoms with Crippen LogP contribution in [0.1, 0.15) is 26.6 Å². The van der Waals surface area contributed by atoms with E-state index in [9.17, 15) is 9.59 Å². The maximum atomic E-state index is 12.3. The fourth-order valence-corrected chi connectivity index (χ4v) is 2.12. The van der Waals surface area contributed by atoms with Crippen LogP contribution in [-0.4, -0.2) is 39.2 Å². The molecule has 0 aliphatic rings. The standard InChI is InChI=1S/C15H21N5O3/c1-4-23-15(22)17-13(10(2)3)14(21)16-9-12-19-18-11-7-5-6-8-20(11)12/h5-8,10,13H,4,9H2,1-3H3,(H,16,21)(H,17,22). The van der Waals surface area contributed by atoms with Crippen LogP contribution in [0.4, 0.5) is 4.79 Å². The lowest BCUT2D eigenvalue weighted by molar-refractivity contribution is -0.124. The van der Waals surface area contributed by atoms with Crippen molar-refractivity contribution in [2.75, 3.05) is 6.61 Å². The van der Waals surface area contributed by atoms with Gasteiger partial charge in [-0.1, -0.05) is 19.9 Å². The number of nitrogens with zero attached hydrogens (tertiary/aromatic N) is 3. The van der Waals surface area contributed by atoms with E-state index in [1.54, 1.807) is 11.3 Å². The lowest BCUT2D eigenvalue weighted by Crippen LogP contribution is -2.49. The van der Waals surface area contributed by atoms with Gasteiger partial charge >= 0.3 is 6.09 Å². The van der Waals surface area contributed by atoms with E-state index >= 15 is 0 Å². The number of nitrogens with one attached hydrogen (secondary N) is 2. The minimum atomic E-state index is -0.673. The van der Waals surface area contributed by atoms with Gasteiger partial charge in [0, 0.05) is 6.20 Å². The van der Waals surface area contributed by atoms with Crippen molar-refractivity contribution in [1.29, 1.82) is 0 Å². The number of fused-ring (bicyclic) bond motifs is 1. The molecular formula is C15H21N5O3. The molecule has 2 heterocycles. The third-order valence-electron chi connectivity index (χ3n) is 3.30. The summed E-state index contributed by atoms with van der Waals surface area (Å²) in [6.45, 7) is 5.88. The van der Waals surface area contributed by atoms with Gasteiger partial charge < -0.3 is 15.4 Å². The molecular weight excluding hydrogens is 298 g/mol. The number of hydrogen-bond donors (Lipinski definition) is 2. The fourth-order valence-electron chi connectivity index (χ4n) is 2.12. The Morgan fingerprint density at radius 1 is 1.30 bits per heavy atom. The van der Waals surface area contributed by atoms with Crippen molar-refractivity contribution in [3.63, 3.8) is 0 Å². The number of pyridine rings is 1. The number of carbonyl (C=O) groups is 2. The van der Waals surface area contributed by atoms with Gasteiger partial charge in [0.1, 0.15) is 6.04 Å². The van der Waals surface area contributed by atoms with Crippen LogP contribution in [0, 0.1) is 5.92 Å². The molecule has 2 amide bonds. The number of amides is 2. The van der Waals surface area contributed by atoms with Gasteiger partial charge in [-0.05, 0) is 25.0 Å². The van der Waals surface area contributed by atoms with Crippen molar-refractivity contribution in [3.05, 3.63) is 30.2 Å². The van der Waals surface area contributed by atoms with Crippen LogP contribution in [-0.2, 0) is 16.1 Å². The molecule has 0 spiro atoms. The predicted molar refractivity (Wildman–Crippen MR) is 83.6 cm³/mol. The van der Waals surface area contributed by atoms with E-state index < -0.39 is 12.1 Å². The van der Waals surface area contributed by atoms with Gasteiger partial charge in [0.15, 0.2) is 11.5 Å².